The van der Waals surface area contributed by atoms with Crippen molar-refractivity contribution in [1.82, 2.24) is 9.13 Å². The fourth-order valence-corrected chi connectivity index (χ4v) is 4.43. The van der Waals surface area contributed by atoms with Gasteiger partial charge in [0.1, 0.15) is 17.4 Å². The SMILES string of the molecule is C=C/C=C(F)\C(Cn1c(C)c(-c2ccc(OC(CCC)OC)cc2)c(=O)n(CCc2ccccc2)c1=O)=C(/C)F.CC.CC. The van der Waals surface area contributed by atoms with Gasteiger partial charge in [-0.2, -0.15) is 0 Å². The Bertz CT molecular complexity index is 1480. The summed E-state index contributed by atoms with van der Waals surface area (Å²) < 4.78 is 42.8. The van der Waals surface area contributed by atoms with Crippen LogP contribution in [0.5, 0.6) is 5.75 Å². The minimum Gasteiger partial charge on any atom is -0.465 e. The van der Waals surface area contributed by atoms with Crippen LogP contribution in [0.1, 0.15) is 65.6 Å². The lowest BCUT2D eigenvalue weighted by Gasteiger charge is -2.19. The molecule has 0 aliphatic carbocycles. The third-order valence-corrected chi connectivity index (χ3v) is 6.64. The second kappa shape index (κ2) is 20.0. The molecule has 3 aromatic rings. The Kier molecular flexibility index (Phi) is 17.3. The van der Waals surface area contributed by atoms with E-state index in [1.54, 1.807) is 38.3 Å². The van der Waals surface area contributed by atoms with Gasteiger partial charge in [0.05, 0.1) is 12.1 Å². The first-order chi connectivity index (χ1) is 21.2. The highest BCUT2D eigenvalue weighted by Gasteiger charge is 2.21. The minimum absolute atomic E-state index is 0.0985. The third kappa shape index (κ3) is 10.3. The summed E-state index contributed by atoms with van der Waals surface area (Å²) in [6.07, 6.45) is 3.87. The highest BCUT2D eigenvalue weighted by atomic mass is 19.1. The number of hydrogen-bond acceptors (Lipinski definition) is 4. The van der Waals surface area contributed by atoms with Gasteiger partial charge < -0.3 is 9.47 Å². The number of nitrogens with zero attached hydrogens (tertiary/aromatic N) is 2. The Morgan fingerprint density at radius 2 is 1.59 bits per heavy atom. The van der Waals surface area contributed by atoms with E-state index >= 15 is 0 Å². The molecule has 8 heteroatoms. The topological polar surface area (TPSA) is 62.5 Å². The number of methoxy groups -OCH3 is 1. The number of aromatic nitrogens is 2. The molecule has 0 aliphatic heterocycles. The van der Waals surface area contributed by atoms with Crippen molar-refractivity contribution in [2.45, 2.75) is 87.1 Å². The average molecular weight is 611 g/mol. The molecule has 0 aliphatic rings. The van der Waals surface area contributed by atoms with Crippen molar-refractivity contribution in [2.75, 3.05) is 7.11 Å². The maximum Gasteiger partial charge on any atom is 0.331 e. The van der Waals surface area contributed by atoms with Gasteiger partial charge in [-0.15, -0.1) is 0 Å². The number of rotatable bonds is 13. The molecule has 0 fully saturated rings. The molecule has 0 spiro atoms. The fourth-order valence-electron chi connectivity index (χ4n) is 4.43. The number of ether oxygens (including phenoxy) is 2. The first-order valence-corrected chi connectivity index (χ1v) is 15.2. The van der Waals surface area contributed by atoms with Gasteiger partial charge in [0.25, 0.3) is 5.56 Å². The Balaban J connectivity index is 0.00000232. The summed E-state index contributed by atoms with van der Waals surface area (Å²) in [5, 5.41) is 0. The molecule has 1 heterocycles. The lowest BCUT2D eigenvalue weighted by Crippen LogP contribution is -2.42. The van der Waals surface area contributed by atoms with E-state index in [0.717, 1.165) is 36.0 Å². The smallest absolute Gasteiger partial charge is 0.331 e. The normalized spacial score (nSPS) is 12.2. The summed E-state index contributed by atoms with van der Waals surface area (Å²) >= 11 is 0. The van der Waals surface area contributed by atoms with Gasteiger partial charge >= 0.3 is 5.69 Å². The quantitative estimate of drug-likeness (QED) is 0.143. The van der Waals surface area contributed by atoms with Crippen LogP contribution in [-0.4, -0.2) is 22.5 Å². The Hall–Kier alpha value is -4.04. The number of benzene rings is 2. The van der Waals surface area contributed by atoms with Crippen LogP contribution in [0, 0.1) is 6.92 Å². The lowest BCUT2D eigenvalue weighted by molar-refractivity contribution is -0.0583. The van der Waals surface area contributed by atoms with Crippen LogP contribution in [0.3, 0.4) is 0 Å². The van der Waals surface area contributed by atoms with Crippen LogP contribution in [0.25, 0.3) is 11.1 Å². The van der Waals surface area contributed by atoms with Crippen molar-refractivity contribution in [3.05, 3.63) is 123 Å². The van der Waals surface area contributed by atoms with Gasteiger partial charge in [-0.3, -0.25) is 13.9 Å². The number of allylic oxidation sites excluding steroid dienone is 5. The van der Waals surface area contributed by atoms with Crippen LogP contribution < -0.4 is 16.0 Å². The molecule has 44 heavy (non-hydrogen) atoms. The van der Waals surface area contributed by atoms with Crippen molar-refractivity contribution in [3.63, 3.8) is 0 Å². The summed E-state index contributed by atoms with van der Waals surface area (Å²) in [5.41, 5.74) is 0.638. The molecule has 240 valence electrons. The second-order valence-corrected chi connectivity index (χ2v) is 9.38. The van der Waals surface area contributed by atoms with E-state index in [1.165, 1.54) is 10.6 Å². The molecule has 0 amide bonds. The van der Waals surface area contributed by atoms with Gasteiger partial charge in [-0.25, -0.2) is 13.6 Å². The number of halogens is 2. The van der Waals surface area contributed by atoms with Crippen LogP contribution >= 0.6 is 0 Å². The summed E-state index contributed by atoms with van der Waals surface area (Å²) in [6.45, 7) is 15.9. The van der Waals surface area contributed by atoms with Gasteiger partial charge in [0.2, 0.25) is 0 Å². The zero-order valence-electron chi connectivity index (χ0n) is 27.5. The van der Waals surface area contributed by atoms with Gasteiger partial charge in [0, 0.05) is 31.3 Å². The van der Waals surface area contributed by atoms with Crippen molar-refractivity contribution >= 4 is 0 Å². The fraction of sp³-hybridized carbons (Fsp3) is 0.389. The van der Waals surface area contributed by atoms with E-state index in [-0.39, 0.29) is 17.7 Å². The van der Waals surface area contributed by atoms with Crippen LogP contribution in [-0.2, 0) is 24.2 Å². The summed E-state index contributed by atoms with van der Waals surface area (Å²) in [5.74, 6) is -1.05. The molecule has 0 bridgehead atoms. The zero-order chi connectivity index (χ0) is 33.2. The Labute approximate surface area is 261 Å². The molecule has 0 radical (unpaired) electrons. The van der Waals surface area contributed by atoms with E-state index in [0.29, 0.717) is 23.4 Å². The molecular formula is C36H48F2N2O4. The van der Waals surface area contributed by atoms with E-state index < -0.39 is 35.7 Å². The molecular weight excluding hydrogens is 562 g/mol. The van der Waals surface area contributed by atoms with Crippen molar-refractivity contribution < 1.29 is 18.3 Å². The van der Waals surface area contributed by atoms with E-state index in [4.69, 9.17) is 9.47 Å². The summed E-state index contributed by atoms with van der Waals surface area (Å²) in [6, 6.07) is 16.4. The van der Waals surface area contributed by atoms with Crippen molar-refractivity contribution in [2.24, 2.45) is 0 Å². The van der Waals surface area contributed by atoms with Gasteiger partial charge in [-0.05, 0) is 49.6 Å². The minimum atomic E-state index is -0.842. The highest BCUT2D eigenvalue weighted by molar-refractivity contribution is 5.65. The average Bonchev–Trinajstić information content (AvgIpc) is 3.04. The van der Waals surface area contributed by atoms with Crippen LogP contribution in [0.15, 0.2) is 100 Å². The lowest BCUT2D eigenvalue weighted by atomic mass is 10.0. The molecule has 3 rings (SSSR count). The predicted octanol–water partition coefficient (Wildman–Crippen LogP) is 8.71. The van der Waals surface area contributed by atoms with Crippen molar-refractivity contribution in [3.8, 4) is 16.9 Å². The van der Waals surface area contributed by atoms with Gasteiger partial charge in [-0.1, -0.05) is 96.2 Å². The molecule has 1 aromatic heterocycles. The first-order valence-electron chi connectivity index (χ1n) is 15.2. The van der Waals surface area contributed by atoms with E-state index in [1.807, 2.05) is 65.0 Å². The van der Waals surface area contributed by atoms with Gasteiger partial charge in [0.15, 0.2) is 6.29 Å². The van der Waals surface area contributed by atoms with Crippen molar-refractivity contribution in [1.29, 1.82) is 0 Å². The molecule has 6 nitrogen and oxygen atoms in total. The van der Waals surface area contributed by atoms with Crippen LogP contribution in [0.2, 0.25) is 0 Å². The molecule has 2 aromatic carbocycles. The Morgan fingerprint density at radius 3 is 2.11 bits per heavy atom. The second-order valence-electron chi connectivity index (χ2n) is 9.38. The zero-order valence-corrected chi connectivity index (χ0v) is 27.5. The van der Waals surface area contributed by atoms with E-state index in [2.05, 4.69) is 6.58 Å². The number of hydrogen-bond donors (Lipinski definition) is 0. The Morgan fingerprint density at radius 1 is 0.977 bits per heavy atom. The first kappa shape index (κ1) is 38.0. The van der Waals surface area contributed by atoms with Crippen LogP contribution in [0.4, 0.5) is 8.78 Å². The largest absolute Gasteiger partial charge is 0.465 e. The third-order valence-electron chi connectivity index (χ3n) is 6.64. The summed E-state index contributed by atoms with van der Waals surface area (Å²) in [7, 11) is 1.58. The number of aryl methyl sites for hydroxylation is 1. The maximum absolute atomic E-state index is 14.8. The molecule has 0 N–H and O–H groups in total. The molecule has 1 unspecified atom stereocenters. The highest BCUT2D eigenvalue weighted by Crippen LogP contribution is 2.25. The summed E-state index contributed by atoms with van der Waals surface area (Å²) in [4.78, 5) is 27.4. The molecule has 0 saturated carbocycles. The molecule has 0 saturated heterocycles. The predicted molar refractivity (Wildman–Crippen MR) is 178 cm³/mol. The monoisotopic (exact) mass is 610 g/mol. The van der Waals surface area contributed by atoms with E-state index in [9.17, 15) is 18.4 Å². The standard InChI is InChI=1S/C32H36F2N2O4.2C2H6/c1-6-11-28(34)27(22(3)33)21-36-23(4)30(25-15-17-26(18-16-25)40-29(39-5)12-7-2)31(37)35(32(36)38)20-19-24-13-9-8-10-14-24;2*1-2/h6,8-11,13-18,29H,1,7,12,19-21H2,2-5H3;2*1-2H3/b27-22+,28-11+;;. The maximum atomic E-state index is 14.8. The molecule has 1 atom stereocenters.